The third-order valence-electron chi connectivity index (χ3n) is 3.64. The van der Waals surface area contributed by atoms with E-state index in [9.17, 15) is 14.0 Å². The van der Waals surface area contributed by atoms with Crippen LogP contribution in [0.2, 0.25) is 0 Å². The van der Waals surface area contributed by atoms with Crippen LogP contribution in [0.1, 0.15) is 29.6 Å². The Bertz CT molecular complexity index is 546. The Morgan fingerprint density at radius 1 is 1.29 bits per heavy atom. The smallest absolute Gasteiger partial charge is 0.328 e. The van der Waals surface area contributed by atoms with Gasteiger partial charge in [-0.05, 0) is 37.5 Å². The third-order valence-corrected chi connectivity index (χ3v) is 3.64. The topological polar surface area (TPSA) is 55.8 Å². The van der Waals surface area contributed by atoms with Gasteiger partial charge in [0.05, 0.1) is 14.2 Å². The van der Waals surface area contributed by atoms with Crippen LogP contribution in [0.4, 0.5) is 4.39 Å². The van der Waals surface area contributed by atoms with Gasteiger partial charge in [0, 0.05) is 12.1 Å². The summed E-state index contributed by atoms with van der Waals surface area (Å²) in [4.78, 5) is 25.7. The molecule has 1 amide bonds. The Morgan fingerprint density at radius 3 is 2.67 bits per heavy atom. The lowest BCUT2D eigenvalue weighted by molar-refractivity contribution is -0.147. The van der Waals surface area contributed by atoms with E-state index in [1.165, 1.54) is 31.3 Å². The van der Waals surface area contributed by atoms with E-state index < -0.39 is 17.8 Å². The maximum absolute atomic E-state index is 13.7. The number of likely N-dealkylation sites (tertiary alicyclic amines) is 1. The van der Waals surface area contributed by atoms with Crippen LogP contribution in [0.25, 0.3) is 0 Å². The molecule has 1 unspecified atom stereocenters. The summed E-state index contributed by atoms with van der Waals surface area (Å²) in [6.45, 7) is 0.465. The summed E-state index contributed by atoms with van der Waals surface area (Å²) in [6, 6.07) is 3.43. The lowest BCUT2D eigenvalue weighted by Crippen LogP contribution is -2.48. The van der Waals surface area contributed by atoms with Crippen LogP contribution in [0.5, 0.6) is 5.75 Å². The number of hydrogen-bond acceptors (Lipinski definition) is 4. The first-order valence-corrected chi connectivity index (χ1v) is 6.80. The molecule has 0 aliphatic carbocycles. The van der Waals surface area contributed by atoms with Gasteiger partial charge in [0.25, 0.3) is 5.91 Å². The Hall–Kier alpha value is -2.11. The van der Waals surface area contributed by atoms with Crippen molar-refractivity contribution >= 4 is 11.9 Å². The molecule has 1 aromatic rings. The van der Waals surface area contributed by atoms with E-state index in [4.69, 9.17) is 9.47 Å². The number of methoxy groups -OCH3 is 2. The zero-order chi connectivity index (χ0) is 15.4. The number of hydrogen-bond donors (Lipinski definition) is 0. The molecule has 6 heteroatoms. The van der Waals surface area contributed by atoms with E-state index in [0.717, 1.165) is 18.9 Å². The van der Waals surface area contributed by atoms with Crippen molar-refractivity contribution in [2.75, 3.05) is 20.8 Å². The van der Waals surface area contributed by atoms with Crippen molar-refractivity contribution in [1.29, 1.82) is 0 Å². The molecule has 2 rings (SSSR count). The molecule has 0 spiro atoms. The van der Waals surface area contributed by atoms with Crippen LogP contribution in [0.3, 0.4) is 0 Å². The van der Waals surface area contributed by atoms with E-state index >= 15 is 0 Å². The molecule has 0 radical (unpaired) electrons. The molecule has 0 aromatic heterocycles. The van der Waals surface area contributed by atoms with Crippen molar-refractivity contribution in [3.63, 3.8) is 0 Å². The molecule has 21 heavy (non-hydrogen) atoms. The zero-order valence-corrected chi connectivity index (χ0v) is 12.1. The van der Waals surface area contributed by atoms with Crippen molar-refractivity contribution in [3.05, 3.63) is 29.6 Å². The van der Waals surface area contributed by atoms with Gasteiger partial charge in [0.1, 0.15) is 6.04 Å². The van der Waals surface area contributed by atoms with Crippen LogP contribution in [-0.2, 0) is 9.53 Å². The second-order valence-electron chi connectivity index (χ2n) is 4.88. The quantitative estimate of drug-likeness (QED) is 0.800. The number of rotatable bonds is 3. The molecule has 0 saturated carbocycles. The number of nitrogens with zero attached hydrogens (tertiary/aromatic N) is 1. The minimum Gasteiger partial charge on any atom is -0.494 e. The maximum atomic E-state index is 13.7. The third kappa shape index (κ3) is 3.15. The highest BCUT2D eigenvalue weighted by atomic mass is 19.1. The Morgan fingerprint density at radius 2 is 2.05 bits per heavy atom. The fraction of sp³-hybridized carbons (Fsp3) is 0.467. The van der Waals surface area contributed by atoms with E-state index in [1.807, 2.05) is 0 Å². The van der Waals surface area contributed by atoms with E-state index in [2.05, 4.69) is 0 Å². The number of esters is 1. The van der Waals surface area contributed by atoms with Gasteiger partial charge in [-0.1, -0.05) is 0 Å². The fourth-order valence-corrected chi connectivity index (χ4v) is 2.52. The highest BCUT2D eigenvalue weighted by molar-refractivity contribution is 5.97. The first-order chi connectivity index (χ1) is 10.1. The lowest BCUT2D eigenvalue weighted by Gasteiger charge is -2.33. The van der Waals surface area contributed by atoms with Crippen molar-refractivity contribution in [1.82, 2.24) is 4.90 Å². The number of benzene rings is 1. The Balaban J connectivity index is 2.24. The van der Waals surface area contributed by atoms with Gasteiger partial charge in [-0.2, -0.15) is 0 Å². The molecule has 1 aliphatic rings. The van der Waals surface area contributed by atoms with Crippen LogP contribution < -0.4 is 4.74 Å². The number of halogens is 1. The summed E-state index contributed by atoms with van der Waals surface area (Å²) in [5.74, 6) is -1.33. The number of carbonyl (C=O) groups is 2. The van der Waals surface area contributed by atoms with Crippen LogP contribution >= 0.6 is 0 Å². The molecule has 1 saturated heterocycles. The second-order valence-corrected chi connectivity index (χ2v) is 4.88. The molecule has 1 atom stereocenters. The van der Waals surface area contributed by atoms with Gasteiger partial charge in [-0.25, -0.2) is 9.18 Å². The molecule has 0 bridgehead atoms. The van der Waals surface area contributed by atoms with Crippen LogP contribution in [-0.4, -0.2) is 43.6 Å². The zero-order valence-electron chi connectivity index (χ0n) is 12.1. The molecule has 114 valence electrons. The number of piperidine rings is 1. The SMILES string of the molecule is COC(=O)C1CCCCN1C(=O)c1ccc(OC)c(F)c1. The average Bonchev–Trinajstić information content (AvgIpc) is 2.53. The standard InChI is InChI=1S/C15H18FNO4/c1-20-13-7-6-10(9-11(13)16)14(18)17-8-4-3-5-12(17)15(19)21-2/h6-7,9,12H,3-5,8H2,1-2H3. The first kappa shape index (κ1) is 15.3. The van der Waals surface area contributed by atoms with Crippen LogP contribution in [0.15, 0.2) is 18.2 Å². The molecular formula is C15H18FNO4. The monoisotopic (exact) mass is 295 g/mol. The van der Waals surface area contributed by atoms with Crippen molar-refractivity contribution in [2.45, 2.75) is 25.3 Å². The molecular weight excluding hydrogens is 277 g/mol. The largest absolute Gasteiger partial charge is 0.494 e. The van der Waals surface area contributed by atoms with Gasteiger partial charge < -0.3 is 14.4 Å². The molecule has 1 heterocycles. The highest BCUT2D eigenvalue weighted by Gasteiger charge is 2.33. The summed E-state index contributed by atoms with van der Waals surface area (Å²) in [5.41, 5.74) is 0.198. The van der Waals surface area contributed by atoms with Crippen molar-refractivity contribution in [3.8, 4) is 5.75 Å². The second kappa shape index (κ2) is 6.56. The van der Waals surface area contributed by atoms with Gasteiger partial charge in [0.2, 0.25) is 0 Å². The van der Waals surface area contributed by atoms with Gasteiger partial charge in [-0.3, -0.25) is 4.79 Å². The predicted molar refractivity (Wildman–Crippen MR) is 73.6 cm³/mol. The van der Waals surface area contributed by atoms with Gasteiger partial charge in [0.15, 0.2) is 11.6 Å². The molecule has 0 N–H and O–H groups in total. The Kier molecular flexibility index (Phi) is 4.77. The Labute approximate surface area is 122 Å². The highest BCUT2D eigenvalue weighted by Crippen LogP contribution is 2.23. The lowest BCUT2D eigenvalue weighted by atomic mass is 10.0. The minimum atomic E-state index is -0.602. The summed E-state index contributed by atoms with van der Waals surface area (Å²) >= 11 is 0. The fourth-order valence-electron chi connectivity index (χ4n) is 2.52. The number of carbonyl (C=O) groups excluding carboxylic acids is 2. The number of ether oxygens (including phenoxy) is 2. The predicted octanol–water partition coefficient (Wildman–Crippen LogP) is 2.00. The summed E-state index contributed by atoms with van der Waals surface area (Å²) in [5, 5.41) is 0. The normalized spacial score (nSPS) is 18.2. The van der Waals surface area contributed by atoms with E-state index in [0.29, 0.717) is 13.0 Å². The number of amides is 1. The molecule has 1 aliphatic heterocycles. The molecule has 5 nitrogen and oxygen atoms in total. The average molecular weight is 295 g/mol. The minimum absolute atomic E-state index is 0.0784. The first-order valence-electron chi connectivity index (χ1n) is 6.80. The molecule has 1 fully saturated rings. The summed E-state index contributed by atoms with van der Waals surface area (Å²) in [6.07, 6.45) is 2.25. The molecule has 1 aromatic carbocycles. The van der Waals surface area contributed by atoms with E-state index in [-0.39, 0.29) is 17.2 Å². The maximum Gasteiger partial charge on any atom is 0.328 e. The van der Waals surface area contributed by atoms with Gasteiger partial charge >= 0.3 is 5.97 Å². The summed E-state index contributed by atoms with van der Waals surface area (Å²) in [7, 11) is 2.66. The van der Waals surface area contributed by atoms with Crippen molar-refractivity contribution in [2.24, 2.45) is 0 Å². The van der Waals surface area contributed by atoms with Gasteiger partial charge in [-0.15, -0.1) is 0 Å². The van der Waals surface area contributed by atoms with Crippen molar-refractivity contribution < 1.29 is 23.5 Å². The van der Waals surface area contributed by atoms with Crippen LogP contribution in [0, 0.1) is 5.82 Å². The van der Waals surface area contributed by atoms with E-state index in [1.54, 1.807) is 0 Å². The summed E-state index contributed by atoms with van der Waals surface area (Å²) < 4.78 is 23.3.